The number of hydrogen-bond acceptors (Lipinski definition) is 6. The van der Waals surface area contributed by atoms with Crippen LogP contribution in [0.15, 0.2) is 54.7 Å². The molecule has 1 aliphatic heterocycles. The average Bonchev–Trinajstić information content (AvgIpc) is 3.46. The fraction of sp³-hybridized carbons (Fsp3) is 0.261. The molecule has 176 valence electrons. The maximum absolute atomic E-state index is 14.1. The molecule has 0 saturated heterocycles. The first-order chi connectivity index (χ1) is 16.5. The van der Waals surface area contributed by atoms with Crippen molar-refractivity contribution in [3.63, 3.8) is 0 Å². The van der Waals surface area contributed by atoms with Gasteiger partial charge < -0.3 is 14.8 Å². The molecule has 2 aromatic heterocycles. The molecule has 2 N–H and O–H groups in total. The van der Waals surface area contributed by atoms with Crippen LogP contribution in [0.25, 0.3) is 17.1 Å². The molecule has 0 spiro atoms. The summed E-state index contributed by atoms with van der Waals surface area (Å²) in [6, 6.07) is 13.4. The van der Waals surface area contributed by atoms with E-state index in [4.69, 9.17) is 21.7 Å². The molecule has 5 rings (SSSR count). The van der Waals surface area contributed by atoms with E-state index in [2.05, 4.69) is 20.6 Å². The summed E-state index contributed by atoms with van der Waals surface area (Å²) in [5, 5.41) is 14.9. The van der Waals surface area contributed by atoms with Gasteiger partial charge in [0.2, 0.25) is 0 Å². The summed E-state index contributed by atoms with van der Waals surface area (Å²) in [5.41, 5.74) is 2.08. The number of aromatic amines is 1. The fourth-order valence-electron chi connectivity index (χ4n) is 4.27. The minimum atomic E-state index is -2.58. The van der Waals surface area contributed by atoms with Gasteiger partial charge in [-0.1, -0.05) is 30.3 Å². The lowest BCUT2D eigenvalue weighted by Crippen LogP contribution is -2.31. The topological polar surface area (TPSA) is 81.9 Å². The van der Waals surface area contributed by atoms with E-state index in [0.717, 1.165) is 5.56 Å². The number of nitrogens with zero attached hydrogens (tertiary/aromatic N) is 4. The Balaban J connectivity index is 1.64. The second kappa shape index (κ2) is 8.90. The number of halogens is 2. The summed E-state index contributed by atoms with van der Waals surface area (Å²) in [5.74, 6) is 2.00. The third-order valence-corrected chi connectivity index (χ3v) is 6.21. The van der Waals surface area contributed by atoms with Crippen LogP contribution in [0.1, 0.15) is 24.1 Å². The van der Waals surface area contributed by atoms with Crippen LogP contribution in [0.2, 0.25) is 0 Å². The van der Waals surface area contributed by atoms with Gasteiger partial charge in [-0.15, -0.1) is 0 Å². The molecule has 4 aromatic rings. The monoisotopic (exact) mass is 484 g/mol. The lowest BCUT2D eigenvalue weighted by Gasteiger charge is -2.32. The predicted molar refractivity (Wildman–Crippen MR) is 126 cm³/mol. The lowest BCUT2D eigenvalue weighted by molar-refractivity contribution is 0.0659. The van der Waals surface area contributed by atoms with Crippen molar-refractivity contribution in [2.45, 2.75) is 24.9 Å². The molecule has 34 heavy (non-hydrogen) atoms. The van der Waals surface area contributed by atoms with E-state index in [1.807, 2.05) is 30.3 Å². The van der Waals surface area contributed by atoms with Crippen molar-refractivity contribution in [2.75, 3.05) is 19.5 Å². The van der Waals surface area contributed by atoms with Crippen molar-refractivity contribution in [1.29, 1.82) is 0 Å². The molecule has 11 heteroatoms. The number of nitrogens with one attached hydrogen (secondary N) is 2. The molecule has 0 amide bonds. The van der Waals surface area contributed by atoms with E-state index in [0.29, 0.717) is 39.2 Å². The molecule has 3 heterocycles. The molecule has 0 radical (unpaired) electrons. The standard InChI is InChI=1S/C23H22F2N6O2S/c1-32-14-8-9-17(19(10-14)33-2)30-22(28-29-23(30)34)15-12-26-31-18(20(24)25)11-16(27-21(15)31)13-6-4-3-5-7-13/h3-10,12,16,18,20,27H,11H2,1-2H3,(H,29,34)/t16-,18-/m1/s1. The fourth-order valence-corrected chi connectivity index (χ4v) is 4.50. The van der Waals surface area contributed by atoms with Crippen LogP contribution >= 0.6 is 12.2 Å². The van der Waals surface area contributed by atoms with Gasteiger partial charge in [0, 0.05) is 6.07 Å². The highest BCUT2D eigenvalue weighted by Gasteiger charge is 2.36. The number of fused-ring (bicyclic) bond motifs is 1. The molecule has 2 aromatic carbocycles. The predicted octanol–water partition coefficient (Wildman–Crippen LogP) is 5.17. The largest absolute Gasteiger partial charge is 0.497 e. The molecule has 1 aliphatic rings. The van der Waals surface area contributed by atoms with Crippen molar-refractivity contribution in [3.05, 3.63) is 65.1 Å². The number of H-pyrrole nitrogens is 1. The van der Waals surface area contributed by atoms with Crippen molar-refractivity contribution >= 4 is 18.0 Å². The minimum Gasteiger partial charge on any atom is -0.497 e. The average molecular weight is 485 g/mol. The van der Waals surface area contributed by atoms with Crippen molar-refractivity contribution in [2.24, 2.45) is 0 Å². The second-order valence-electron chi connectivity index (χ2n) is 7.82. The van der Waals surface area contributed by atoms with E-state index < -0.39 is 12.5 Å². The SMILES string of the molecule is COc1ccc(-n2c(-c3cnn4c3N[C@@H](c3ccccc3)C[C@@H]4C(F)F)n[nH]c2=S)c(OC)c1. The van der Waals surface area contributed by atoms with Crippen molar-refractivity contribution < 1.29 is 18.3 Å². The Morgan fingerprint density at radius 3 is 2.62 bits per heavy atom. The number of hydrogen-bond donors (Lipinski definition) is 2. The third kappa shape index (κ3) is 3.71. The van der Waals surface area contributed by atoms with Crippen LogP contribution in [-0.4, -0.2) is 45.2 Å². The maximum Gasteiger partial charge on any atom is 0.260 e. The second-order valence-corrected chi connectivity index (χ2v) is 8.21. The smallest absolute Gasteiger partial charge is 0.260 e. The van der Waals surface area contributed by atoms with Crippen LogP contribution in [-0.2, 0) is 0 Å². The molecule has 0 unspecified atom stereocenters. The van der Waals surface area contributed by atoms with Crippen LogP contribution in [0.4, 0.5) is 14.6 Å². The first kappa shape index (κ1) is 22.1. The van der Waals surface area contributed by atoms with E-state index >= 15 is 0 Å². The van der Waals surface area contributed by atoms with Gasteiger partial charge in [0.05, 0.1) is 37.7 Å². The number of rotatable bonds is 6. The molecule has 2 atom stereocenters. The highest BCUT2D eigenvalue weighted by atomic mass is 32.1. The van der Waals surface area contributed by atoms with E-state index in [1.54, 1.807) is 37.0 Å². The maximum atomic E-state index is 14.1. The van der Waals surface area contributed by atoms with Crippen molar-refractivity contribution in [1.82, 2.24) is 24.5 Å². The summed E-state index contributed by atoms with van der Waals surface area (Å²) < 4.78 is 42.3. The lowest BCUT2D eigenvalue weighted by atomic mass is 9.97. The zero-order chi connectivity index (χ0) is 23.8. The van der Waals surface area contributed by atoms with Gasteiger partial charge in [0.25, 0.3) is 6.43 Å². The van der Waals surface area contributed by atoms with Crippen LogP contribution in [0.5, 0.6) is 11.5 Å². The normalized spacial score (nSPS) is 17.3. The quantitative estimate of drug-likeness (QED) is 0.368. The first-order valence-corrected chi connectivity index (χ1v) is 11.0. The number of benzene rings is 2. The van der Waals surface area contributed by atoms with Crippen LogP contribution in [0, 0.1) is 4.77 Å². The highest BCUT2D eigenvalue weighted by Crippen LogP contribution is 2.42. The third-order valence-electron chi connectivity index (χ3n) is 5.93. The molecule has 0 aliphatic carbocycles. The van der Waals surface area contributed by atoms with Gasteiger partial charge in [-0.05, 0) is 36.3 Å². The van der Waals surface area contributed by atoms with Gasteiger partial charge in [-0.25, -0.2) is 13.5 Å². The van der Waals surface area contributed by atoms with Gasteiger partial charge >= 0.3 is 0 Å². The summed E-state index contributed by atoms with van der Waals surface area (Å²) in [6.45, 7) is 0. The van der Waals surface area contributed by atoms with Gasteiger partial charge in [0.1, 0.15) is 23.4 Å². The Bertz CT molecular complexity index is 1370. The number of anilines is 1. The Hall–Kier alpha value is -3.73. The number of ether oxygens (including phenoxy) is 2. The highest BCUT2D eigenvalue weighted by molar-refractivity contribution is 7.71. The van der Waals surface area contributed by atoms with Crippen molar-refractivity contribution in [3.8, 4) is 28.6 Å². The molecular weight excluding hydrogens is 462 g/mol. The molecular formula is C23H22F2N6O2S. The Morgan fingerprint density at radius 2 is 1.91 bits per heavy atom. The summed E-state index contributed by atoms with van der Waals surface area (Å²) in [4.78, 5) is 0. The zero-order valence-electron chi connectivity index (χ0n) is 18.4. The number of methoxy groups -OCH3 is 2. The molecule has 0 fully saturated rings. The van der Waals surface area contributed by atoms with E-state index in [-0.39, 0.29) is 12.5 Å². The Kier molecular flexibility index (Phi) is 5.78. The number of alkyl halides is 2. The minimum absolute atomic E-state index is 0.203. The zero-order valence-corrected chi connectivity index (χ0v) is 19.2. The summed E-state index contributed by atoms with van der Waals surface area (Å²) in [7, 11) is 3.11. The van der Waals surface area contributed by atoms with Gasteiger partial charge in [-0.3, -0.25) is 9.67 Å². The van der Waals surface area contributed by atoms with Crippen LogP contribution < -0.4 is 14.8 Å². The summed E-state index contributed by atoms with van der Waals surface area (Å²) >= 11 is 5.51. The number of aromatic nitrogens is 5. The van der Waals surface area contributed by atoms with E-state index in [9.17, 15) is 8.78 Å². The van der Waals surface area contributed by atoms with Crippen LogP contribution in [0.3, 0.4) is 0 Å². The van der Waals surface area contributed by atoms with Gasteiger partial charge in [-0.2, -0.15) is 10.2 Å². The Morgan fingerprint density at radius 1 is 1.12 bits per heavy atom. The molecule has 0 bridgehead atoms. The van der Waals surface area contributed by atoms with Gasteiger partial charge in [0.15, 0.2) is 10.6 Å². The summed E-state index contributed by atoms with van der Waals surface area (Å²) in [6.07, 6.45) is -0.848. The first-order valence-electron chi connectivity index (χ1n) is 10.6. The Labute approximate surface area is 199 Å². The van der Waals surface area contributed by atoms with E-state index in [1.165, 1.54) is 10.9 Å². The molecule has 8 nitrogen and oxygen atoms in total. The molecule has 0 saturated carbocycles.